The summed E-state index contributed by atoms with van der Waals surface area (Å²) in [5, 5.41) is 6.92. The third-order valence-corrected chi connectivity index (χ3v) is 4.71. The highest BCUT2D eigenvalue weighted by Gasteiger charge is 2.29. The number of methoxy groups -OCH3 is 1. The Hall–Kier alpha value is -1.73. The van der Waals surface area contributed by atoms with Crippen LogP contribution in [0.4, 0.5) is 0 Å². The number of hydrogen-bond acceptors (Lipinski definition) is 5. The maximum absolute atomic E-state index is 12.8. The Balaban J connectivity index is 1.72. The van der Waals surface area contributed by atoms with Crippen molar-refractivity contribution in [3.63, 3.8) is 0 Å². The standard InChI is InChI=1S/C15H20N4O2S/c1-21-10-14-17-13(11-22-14)15(20)19-8-3-2-5-12(19)9-18-7-4-6-16-18/h4,6-7,11-12H,2-3,5,8-10H2,1H3/t12-/m0/s1. The number of ether oxygens (including phenoxy) is 1. The summed E-state index contributed by atoms with van der Waals surface area (Å²) in [4.78, 5) is 19.1. The number of carbonyl (C=O) groups excluding carboxylic acids is 1. The molecule has 118 valence electrons. The predicted octanol–water partition coefficient (Wildman–Crippen LogP) is 2.18. The Labute approximate surface area is 133 Å². The first-order valence-electron chi connectivity index (χ1n) is 7.49. The van der Waals surface area contributed by atoms with Gasteiger partial charge in [0.2, 0.25) is 0 Å². The Morgan fingerprint density at radius 1 is 1.50 bits per heavy atom. The van der Waals surface area contributed by atoms with Crippen LogP contribution in [0.2, 0.25) is 0 Å². The first-order valence-corrected chi connectivity index (χ1v) is 8.37. The summed E-state index contributed by atoms with van der Waals surface area (Å²) in [6.45, 7) is 1.99. The van der Waals surface area contributed by atoms with Gasteiger partial charge >= 0.3 is 0 Å². The van der Waals surface area contributed by atoms with Crippen LogP contribution in [0.15, 0.2) is 23.8 Å². The molecule has 0 saturated carbocycles. The van der Waals surface area contributed by atoms with Gasteiger partial charge in [0, 0.05) is 31.4 Å². The van der Waals surface area contributed by atoms with Crippen LogP contribution in [0.3, 0.4) is 0 Å². The molecule has 22 heavy (non-hydrogen) atoms. The molecular weight excluding hydrogens is 300 g/mol. The van der Waals surface area contributed by atoms with Gasteiger partial charge in [-0.3, -0.25) is 9.48 Å². The van der Waals surface area contributed by atoms with Gasteiger partial charge in [0.25, 0.3) is 5.91 Å². The van der Waals surface area contributed by atoms with Crippen molar-refractivity contribution >= 4 is 17.2 Å². The average Bonchev–Trinajstić information content (AvgIpc) is 3.19. The van der Waals surface area contributed by atoms with Gasteiger partial charge in [-0.05, 0) is 25.3 Å². The smallest absolute Gasteiger partial charge is 0.273 e. The van der Waals surface area contributed by atoms with Gasteiger partial charge in [-0.15, -0.1) is 11.3 Å². The number of likely N-dealkylation sites (tertiary alicyclic amines) is 1. The molecule has 0 radical (unpaired) electrons. The number of hydrogen-bond donors (Lipinski definition) is 0. The van der Waals surface area contributed by atoms with E-state index < -0.39 is 0 Å². The van der Waals surface area contributed by atoms with Crippen LogP contribution in [0.25, 0.3) is 0 Å². The number of aromatic nitrogens is 3. The SMILES string of the molecule is COCc1nc(C(=O)N2CCCC[C@H]2Cn2cccn2)cs1. The Kier molecular flexibility index (Phi) is 4.84. The number of carbonyl (C=O) groups is 1. The average molecular weight is 320 g/mol. The zero-order chi connectivity index (χ0) is 15.4. The highest BCUT2D eigenvalue weighted by atomic mass is 32.1. The van der Waals surface area contributed by atoms with Gasteiger partial charge in [-0.2, -0.15) is 5.10 Å². The third kappa shape index (κ3) is 3.36. The maximum atomic E-state index is 12.8. The van der Waals surface area contributed by atoms with Crippen molar-refractivity contribution < 1.29 is 9.53 Å². The number of amides is 1. The van der Waals surface area contributed by atoms with Crippen LogP contribution < -0.4 is 0 Å². The Bertz CT molecular complexity index is 611. The van der Waals surface area contributed by atoms with Crippen LogP contribution in [-0.2, 0) is 17.9 Å². The van der Waals surface area contributed by atoms with E-state index in [9.17, 15) is 4.79 Å². The molecule has 1 amide bonds. The zero-order valence-corrected chi connectivity index (χ0v) is 13.5. The minimum absolute atomic E-state index is 0.0236. The molecule has 7 heteroatoms. The van der Waals surface area contributed by atoms with Crippen LogP contribution in [0.5, 0.6) is 0 Å². The minimum Gasteiger partial charge on any atom is -0.378 e. The molecule has 0 aromatic carbocycles. The molecule has 2 aromatic heterocycles. The summed E-state index contributed by atoms with van der Waals surface area (Å²) in [6.07, 6.45) is 6.93. The van der Waals surface area contributed by atoms with Gasteiger partial charge in [0.1, 0.15) is 10.7 Å². The lowest BCUT2D eigenvalue weighted by Gasteiger charge is -2.35. The van der Waals surface area contributed by atoms with Crippen molar-refractivity contribution in [2.24, 2.45) is 0 Å². The fraction of sp³-hybridized carbons (Fsp3) is 0.533. The molecule has 0 N–H and O–H groups in total. The first-order chi connectivity index (χ1) is 10.8. The molecular formula is C15H20N4O2S. The molecule has 2 aromatic rings. The van der Waals surface area contributed by atoms with Crippen LogP contribution in [-0.4, -0.2) is 45.3 Å². The summed E-state index contributed by atoms with van der Waals surface area (Å²) >= 11 is 1.47. The highest BCUT2D eigenvalue weighted by molar-refractivity contribution is 7.09. The van der Waals surface area contributed by atoms with Crippen molar-refractivity contribution in [1.82, 2.24) is 19.7 Å². The molecule has 1 fully saturated rings. The highest BCUT2D eigenvalue weighted by Crippen LogP contribution is 2.22. The number of thiazole rings is 1. The van der Waals surface area contributed by atoms with E-state index in [0.29, 0.717) is 12.3 Å². The number of piperidine rings is 1. The summed E-state index contributed by atoms with van der Waals surface area (Å²) in [5.41, 5.74) is 0.532. The van der Waals surface area contributed by atoms with Crippen molar-refractivity contribution in [2.45, 2.75) is 38.5 Å². The number of rotatable bonds is 5. The molecule has 0 unspecified atom stereocenters. The van der Waals surface area contributed by atoms with E-state index in [0.717, 1.165) is 37.4 Å². The second kappa shape index (κ2) is 7.02. The molecule has 0 spiro atoms. The monoisotopic (exact) mass is 320 g/mol. The van der Waals surface area contributed by atoms with Crippen molar-refractivity contribution in [3.8, 4) is 0 Å². The van der Waals surface area contributed by atoms with E-state index in [2.05, 4.69) is 10.1 Å². The molecule has 0 bridgehead atoms. The zero-order valence-electron chi connectivity index (χ0n) is 12.6. The van der Waals surface area contributed by atoms with Crippen LogP contribution in [0, 0.1) is 0 Å². The largest absolute Gasteiger partial charge is 0.378 e. The van der Waals surface area contributed by atoms with Gasteiger partial charge in [0.15, 0.2) is 0 Å². The molecule has 3 heterocycles. The van der Waals surface area contributed by atoms with E-state index in [4.69, 9.17) is 4.74 Å². The van der Waals surface area contributed by atoms with Gasteiger partial charge < -0.3 is 9.64 Å². The number of nitrogens with zero attached hydrogens (tertiary/aromatic N) is 4. The van der Waals surface area contributed by atoms with Crippen LogP contribution >= 0.6 is 11.3 Å². The lowest BCUT2D eigenvalue weighted by molar-refractivity contribution is 0.0578. The van der Waals surface area contributed by atoms with E-state index in [1.807, 2.05) is 27.2 Å². The van der Waals surface area contributed by atoms with E-state index in [1.54, 1.807) is 13.3 Å². The Morgan fingerprint density at radius 3 is 3.18 bits per heavy atom. The van der Waals surface area contributed by atoms with E-state index in [1.165, 1.54) is 11.3 Å². The normalized spacial score (nSPS) is 18.6. The summed E-state index contributed by atoms with van der Waals surface area (Å²) < 4.78 is 6.97. The molecule has 3 rings (SSSR count). The second-order valence-electron chi connectivity index (χ2n) is 5.44. The van der Waals surface area contributed by atoms with Gasteiger partial charge in [-0.1, -0.05) is 0 Å². The molecule has 6 nitrogen and oxygen atoms in total. The molecule has 1 aliphatic rings. The predicted molar refractivity (Wildman–Crippen MR) is 83.7 cm³/mol. The summed E-state index contributed by atoms with van der Waals surface area (Å²) in [5.74, 6) is 0.0236. The fourth-order valence-corrected chi connectivity index (χ4v) is 3.57. The first kappa shape index (κ1) is 15.2. The molecule has 0 aliphatic carbocycles. The molecule has 1 atom stereocenters. The van der Waals surface area contributed by atoms with Crippen molar-refractivity contribution in [2.75, 3.05) is 13.7 Å². The Morgan fingerprint density at radius 2 is 2.41 bits per heavy atom. The lowest BCUT2D eigenvalue weighted by Crippen LogP contribution is -2.46. The van der Waals surface area contributed by atoms with Crippen LogP contribution in [0.1, 0.15) is 34.8 Å². The maximum Gasteiger partial charge on any atom is 0.273 e. The third-order valence-electron chi connectivity index (χ3n) is 3.88. The van der Waals surface area contributed by atoms with Crippen molar-refractivity contribution in [3.05, 3.63) is 34.5 Å². The quantitative estimate of drug-likeness (QED) is 0.847. The molecule has 1 aliphatic heterocycles. The topological polar surface area (TPSA) is 60.2 Å². The summed E-state index contributed by atoms with van der Waals surface area (Å²) in [7, 11) is 1.63. The van der Waals surface area contributed by atoms with E-state index >= 15 is 0 Å². The minimum atomic E-state index is 0.0236. The van der Waals surface area contributed by atoms with Gasteiger partial charge in [0.05, 0.1) is 19.2 Å². The van der Waals surface area contributed by atoms with Gasteiger partial charge in [-0.25, -0.2) is 4.98 Å². The van der Waals surface area contributed by atoms with E-state index in [-0.39, 0.29) is 11.9 Å². The summed E-state index contributed by atoms with van der Waals surface area (Å²) in [6, 6.07) is 2.10. The van der Waals surface area contributed by atoms with Crippen molar-refractivity contribution in [1.29, 1.82) is 0 Å². The lowest BCUT2D eigenvalue weighted by atomic mass is 10.0. The fourth-order valence-electron chi connectivity index (χ4n) is 2.83. The second-order valence-corrected chi connectivity index (χ2v) is 6.38. The molecule has 1 saturated heterocycles.